The van der Waals surface area contributed by atoms with E-state index in [1.807, 2.05) is 52.1 Å². The Hall–Kier alpha value is -2.90. The lowest BCUT2D eigenvalue weighted by molar-refractivity contribution is -0.138. The molecule has 2 aliphatic rings. The summed E-state index contributed by atoms with van der Waals surface area (Å²) < 4.78 is 5.71. The lowest BCUT2D eigenvalue weighted by Gasteiger charge is -2.35. The molecule has 1 amide bonds. The van der Waals surface area contributed by atoms with Gasteiger partial charge in [-0.1, -0.05) is 44.0 Å². The molecule has 0 atom stereocenters. The van der Waals surface area contributed by atoms with Crippen LogP contribution >= 0.6 is 23.3 Å². The van der Waals surface area contributed by atoms with Gasteiger partial charge in [0.2, 0.25) is 5.91 Å². The van der Waals surface area contributed by atoms with Crippen LogP contribution in [0.15, 0.2) is 42.6 Å². The summed E-state index contributed by atoms with van der Waals surface area (Å²) in [4.78, 5) is 18.3. The van der Waals surface area contributed by atoms with Crippen LogP contribution in [0.25, 0.3) is 21.0 Å². The van der Waals surface area contributed by atoms with E-state index in [-0.39, 0.29) is 18.1 Å². The Kier molecular flexibility index (Phi) is 11.2. The summed E-state index contributed by atoms with van der Waals surface area (Å²) in [7, 11) is 0. The quantitative estimate of drug-likeness (QED) is 0.391. The van der Waals surface area contributed by atoms with Gasteiger partial charge in [-0.3, -0.25) is 9.93 Å². The molecular weight excluding hydrogens is 516 g/mol. The molecule has 7 nitrogen and oxygen atoms in total. The molecule has 3 N–H and O–H groups in total. The highest BCUT2D eigenvalue weighted by Gasteiger charge is 2.27. The van der Waals surface area contributed by atoms with E-state index in [1.54, 1.807) is 16.2 Å². The zero-order chi connectivity index (χ0) is 27.7. The minimum Gasteiger partial charge on any atom is -0.490 e. The smallest absolute Gasteiger partial charge is 0.234 e. The fourth-order valence-corrected chi connectivity index (χ4v) is 5.60. The Labute approximate surface area is 233 Å². The molecule has 0 unspecified atom stereocenters. The monoisotopic (exact) mass is 552 g/mol. The number of nitrogens with two attached hydrogens (primary N) is 1. The number of nitrogens with zero attached hydrogens (tertiary/aromatic N) is 3. The summed E-state index contributed by atoms with van der Waals surface area (Å²) in [5, 5.41) is 24.3. The van der Waals surface area contributed by atoms with Crippen LogP contribution in [0.1, 0.15) is 50.8 Å². The number of nitriles is 1. The molecule has 202 valence electrons. The minimum atomic E-state index is -0.313. The van der Waals surface area contributed by atoms with E-state index in [0.717, 1.165) is 28.9 Å². The average Bonchev–Trinajstić information content (AvgIpc) is 3.58. The predicted octanol–water partition coefficient (Wildman–Crippen LogP) is 5.45. The summed E-state index contributed by atoms with van der Waals surface area (Å²) in [6.07, 6.45) is 5.25. The van der Waals surface area contributed by atoms with Gasteiger partial charge in [-0.15, -0.1) is 11.3 Å². The number of aliphatic hydroxyl groups is 1. The molecular formula is C29H36N4O3S2. The molecule has 0 saturated carbocycles. The third-order valence-electron chi connectivity index (χ3n) is 6.05. The number of hydrogen-bond donors (Lipinski definition) is 2. The van der Waals surface area contributed by atoms with E-state index >= 15 is 0 Å². The molecule has 1 aliphatic carbocycles. The van der Waals surface area contributed by atoms with Gasteiger partial charge in [0.1, 0.15) is 16.8 Å². The highest BCUT2D eigenvalue weighted by Crippen LogP contribution is 2.38. The summed E-state index contributed by atoms with van der Waals surface area (Å²) in [6, 6.07) is 14.5. The first-order valence-electron chi connectivity index (χ1n) is 12.9. The number of β-amino-alcohol motifs (C(OH)–C–C–N with tert-alkyl or cyclic N) is 1. The number of carbonyl (C=O) groups excluding carboxylic acids is 1. The molecule has 9 heteroatoms. The largest absolute Gasteiger partial charge is 0.490 e. The van der Waals surface area contributed by atoms with Crippen molar-refractivity contribution < 1.29 is 14.6 Å². The van der Waals surface area contributed by atoms with E-state index in [9.17, 15) is 10.1 Å². The van der Waals surface area contributed by atoms with Crippen molar-refractivity contribution in [2.24, 2.45) is 5.14 Å². The van der Waals surface area contributed by atoms with Gasteiger partial charge in [0.25, 0.3) is 0 Å². The zero-order valence-electron chi connectivity index (χ0n) is 22.4. The molecule has 3 aromatic rings. The molecule has 0 bridgehead atoms. The van der Waals surface area contributed by atoms with Crippen LogP contribution in [0, 0.1) is 11.3 Å². The fraction of sp³-hybridized carbons (Fsp3) is 0.414. The summed E-state index contributed by atoms with van der Waals surface area (Å²) in [5.74, 6) is 0.953. The van der Waals surface area contributed by atoms with E-state index in [1.165, 1.54) is 34.4 Å². The van der Waals surface area contributed by atoms with Crippen LogP contribution in [0.2, 0.25) is 0 Å². The van der Waals surface area contributed by atoms with E-state index < -0.39 is 0 Å². The van der Waals surface area contributed by atoms with Crippen LogP contribution in [-0.2, 0) is 17.6 Å². The summed E-state index contributed by atoms with van der Waals surface area (Å²) >= 11 is 2.70. The van der Waals surface area contributed by atoms with Gasteiger partial charge in [0.05, 0.1) is 28.4 Å². The number of ether oxygens (including phenoxy) is 1. The van der Waals surface area contributed by atoms with Crippen LogP contribution in [0.3, 0.4) is 0 Å². The molecule has 1 aromatic heterocycles. The van der Waals surface area contributed by atoms with Crippen molar-refractivity contribution in [2.75, 3.05) is 18.8 Å². The van der Waals surface area contributed by atoms with Crippen molar-refractivity contribution in [2.45, 2.75) is 59.2 Å². The molecule has 1 fully saturated rings. The van der Waals surface area contributed by atoms with Gasteiger partial charge in [-0.25, -0.2) is 4.98 Å². The van der Waals surface area contributed by atoms with Gasteiger partial charge >= 0.3 is 0 Å². The van der Waals surface area contributed by atoms with Gasteiger partial charge in [0.15, 0.2) is 0 Å². The minimum absolute atomic E-state index is 0.0119. The lowest BCUT2D eigenvalue weighted by atomic mass is 10.0. The first kappa shape index (κ1) is 29.7. The van der Waals surface area contributed by atoms with Gasteiger partial charge in [-0.2, -0.15) is 5.26 Å². The molecule has 1 aliphatic heterocycles. The number of rotatable bonds is 6. The maximum atomic E-state index is 10.9. The van der Waals surface area contributed by atoms with Crippen molar-refractivity contribution in [3.05, 3.63) is 59.3 Å². The van der Waals surface area contributed by atoms with Crippen molar-refractivity contribution in [3.63, 3.8) is 0 Å². The molecule has 38 heavy (non-hydrogen) atoms. The number of likely N-dealkylation sites (tertiary alicyclic amines) is 1. The van der Waals surface area contributed by atoms with E-state index in [0.29, 0.717) is 30.2 Å². The Morgan fingerprint density at radius 2 is 2.05 bits per heavy atom. The maximum absolute atomic E-state index is 10.9. The number of aliphatic hydroxyl groups excluding tert-OH is 1. The SMILES string of the molecule is CC.CC(C)Oc1ccc(-c2ncc(-c3cccc4c3CCC4)s2)cc1C#N.NSCC(=O)N1CC(O)C1. The summed E-state index contributed by atoms with van der Waals surface area (Å²) in [6.45, 7) is 8.86. The molecule has 5 rings (SSSR count). The number of benzene rings is 2. The van der Waals surface area contributed by atoms with Crippen molar-refractivity contribution in [3.8, 4) is 32.8 Å². The molecule has 2 aromatic carbocycles. The standard InChI is InChI=1S/C22H20N2OS.C5H10N2O2S.C2H6/c1-14(2)25-20-10-9-16(11-17(20)12-23)22-24-13-21(26-22)19-8-4-6-15-5-3-7-18(15)19;6-10-3-5(9)7-1-4(8)2-7;1-2/h4,6,8-11,13-14H,3,5,7H2,1-2H3;4,8H,1-3,6H2;1-2H3. The molecule has 0 spiro atoms. The Bertz CT molecular complexity index is 1260. The first-order valence-corrected chi connectivity index (χ1v) is 14.8. The highest BCUT2D eigenvalue weighted by atomic mass is 32.2. The number of amides is 1. The second-order valence-electron chi connectivity index (χ2n) is 9.08. The molecule has 2 heterocycles. The zero-order valence-corrected chi connectivity index (χ0v) is 24.1. The van der Waals surface area contributed by atoms with Gasteiger partial charge < -0.3 is 14.7 Å². The molecule has 0 radical (unpaired) electrons. The number of aryl methyl sites for hydroxylation is 1. The maximum Gasteiger partial charge on any atom is 0.234 e. The normalized spacial score (nSPS) is 13.9. The van der Waals surface area contributed by atoms with E-state index in [2.05, 4.69) is 29.3 Å². The fourth-order valence-electron chi connectivity index (χ4n) is 4.31. The summed E-state index contributed by atoms with van der Waals surface area (Å²) in [5.41, 5.74) is 5.76. The Balaban J connectivity index is 0.000000280. The number of thiazole rings is 1. The third-order valence-corrected chi connectivity index (χ3v) is 7.54. The van der Waals surface area contributed by atoms with Crippen molar-refractivity contribution in [1.82, 2.24) is 9.88 Å². The predicted molar refractivity (Wildman–Crippen MR) is 156 cm³/mol. The Morgan fingerprint density at radius 3 is 2.71 bits per heavy atom. The number of carbonyl (C=O) groups is 1. The Morgan fingerprint density at radius 1 is 1.29 bits per heavy atom. The van der Waals surface area contributed by atoms with E-state index in [4.69, 9.17) is 15.0 Å². The third kappa shape index (κ3) is 7.35. The second kappa shape index (κ2) is 14.3. The number of aromatic nitrogens is 1. The average molecular weight is 553 g/mol. The number of hydrogen-bond acceptors (Lipinski definition) is 8. The van der Waals surface area contributed by atoms with Crippen LogP contribution in [0.4, 0.5) is 0 Å². The highest BCUT2D eigenvalue weighted by molar-refractivity contribution is 7.97. The van der Waals surface area contributed by atoms with Crippen molar-refractivity contribution in [1.29, 1.82) is 5.26 Å². The molecule has 1 saturated heterocycles. The van der Waals surface area contributed by atoms with Crippen LogP contribution in [-0.4, -0.2) is 51.9 Å². The van der Waals surface area contributed by atoms with Crippen LogP contribution < -0.4 is 9.88 Å². The van der Waals surface area contributed by atoms with Gasteiger partial charge in [-0.05, 0) is 68.0 Å². The number of fused-ring (bicyclic) bond motifs is 1. The lowest BCUT2D eigenvalue weighted by Crippen LogP contribution is -2.54. The first-order chi connectivity index (χ1) is 18.4. The van der Waals surface area contributed by atoms with Gasteiger partial charge in [0, 0.05) is 24.8 Å². The topological polar surface area (TPSA) is 112 Å². The second-order valence-corrected chi connectivity index (χ2v) is 10.7. The van der Waals surface area contributed by atoms with Crippen molar-refractivity contribution >= 4 is 29.2 Å². The van der Waals surface area contributed by atoms with Crippen LogP contribution in [0.5, 0.6) is 5.75 Å².